The van der Waals surface area contributed by atoms with Gasteiger partial charge in [-0.2, -0.15) is 0 Å². The second kappa shape index (κ2) is 6.42. The molecule has 1 saturated carbocycles. The first-order chi connectivity index (χ1) is 9.09. The zero-order valence-corrected chi connectivity index (χ0v) is 12.4. The van der Waals surface area contributed by atoms with Gasteiger partial charge in [0.15, 0.2) is 0 Å². The Morgan fingerprint density at radius 2 is 1.95 bits per heavy atom. The van der Waals surface area contributed by atoms with Crippen LogP contribution in [0.5, 0.6) is 0 Å². The van der Waals surface area contributed by atoms with Gasteiger partial charge in [-0.25, -0.2) is 0 Å². The molecule has 1 aromatic carbocycles. The molecule has 1 atom stereocenters. The molecule has 1 aromatic rings. The molecule has 2 rings (SSSR count). The Morgan fingerprint density at radius 3 is 2.47 bits per heavy atom. The maximum absolute atomic E-state index is 12.5. The van der Waals surface area contributed by atoms with Crippen molar-refractivity contribution in [2.45, 2.75) is 44.5 Å². The average Bonchev–Trinajstić information content (AvgIpc) is 3.23. The third-order valence-corrected chi connectivity index (χ3v) is 3.97. The zero-order valence-electron chi connectivity index (χ0n) is 11.7. The van der Waals surface area contributed by atoms with Gasteiger partial charge in [0.05, 0.1) is 0 Å². The van der Waals surface area contributed by atoms with Gasteiger partial charge < -0.3 is 4.90 Å². The van der Waals surface area contributed by atoms with Crippen LogP contribution >= 0.6 is 11.6 Å². The van der Waals surface area contributed by atoms with E-state index in [4.69, 9.17) is 11.6 Å². The maximum Gasteiger partial charge on any atom is 0.245 e. The molecule has 19 heavy (non-hydrogen) atoms. The Kier molecular flexibility index (Phi) is 4.87. The first-order valence-electron chi connectivity index (χ1n) is 7.09. The van der Waals surface area contributed by atoms with Gasteiger partial charge >= 0.3 is 0 Å². The largest absolute Gasteiger partial charge is 0.338 e. The molecule has 0 spiro atoms. The van der Waals surface area contributed by atoms with E-state index in [-0.39, 0.29) is 5.91 Å². The van der Waals surface area contributed by atoms with Crippen LogP contribution in [0, 0.1) is 5.92 Å². The van der Waals surface area contributed by atoms with Crippen molar-refractivity contribution in [2.75, 3.05) is 6.54 Å². The Balaban J connectivity index is 2.02. The van der Waals surface area contributed by atoms with Crippen LogP contribution in [0.1, 0.15) is 44.1 Å². The van der Waals surface area contributed by atoms with Gasteiger partial charge in [-0.1, -0.05) is 44.2 Å². The van der Waals surface area contributed by atoms with Crippen molar-refractivity contribution >= 4 is 17.5 Å². The van der Waals surface area contributed by atoms with E-state index < -0.39 is 5.38 Å². The number of hydrogen-bond acceptors (Lipinski definition) is 1. The van der Waals surface area contributed by atoms with Crippen molar-refractivity contribution in [1.82, 2.24) is 4.90 Å². The Bertz CT molecular complexity index is 414. The smallest absolute Gasteiger partial charge is 0.245 e. The lowest BCUT2D eigenvalue weighted by atomic mass is 10.1. The summed E-state index contributed by atoms with van der Waals surface area (Å²) in [5.74, 6) is 0.676. The third kappa shape index (κ3) is 3.97. The van der Waals surface area contributed by atoms with E-state index in [9.17, 15) is 4.79 Å². The molecule has 1 amide bonds. The van der Waals surface area contributed by atoms with E-state index >= 15 is 0 Å². The van der Waals surface area contributed by atoms with Gasteiger partial charge in [-0.3, -0.25) is 4.79 Å². The Labute approximate surface area is 120 Å². The number of benzene rings is 1. The SMILES string of the molecule is CC(C)CCN(C(=O)C(Cl)c1ccccc1)C1CC1. The highest BCUT2D eigenvalue weighted by Crippen LogP contribution is 2.32. The minimum absolute atomic E-state index is 0.0658. The van der Waals surface area contributed by atoms with Gasteiger partial charge in [-0.05, 0) is 30.7 Å². The molecule has 0 radical (unpaired) electrons. The summed E-state index contributed by atoms with van der Waals surface area (Å²) in [5, 5.41) is -0.547. The summed E-state index contributed by atoms with van der Waals surface area (Å²) in [5.41, 5.74) is 0.893. The fourth-order valence-corrected chi connectivity index (χ4v) is 2.44. The molecular weight excluding hydrogens is 258 g/mol. The van der Waals surface area contributed by atoms with Gasteiger partial charge in [0, 0.05) is 12.6 Å². The quantitative estimate of drug-likeness (QED) is 0.721. The highest BCUT2D eigenvalue weighted by molar-refractivity contribution is 6.30. The monoisotopic (exact) mass is 279 g/mol. The third-order valence-electron chi connectivity index (χ3n) is 3.53. The normalized spacial score (nSPS) is 16.4. The predicted octanol–water partition coefficient (Wildman–Crippen LogP) is 4.00. The molecule has 0 saturated heterocycles. The van der Waals surface area contributed by atoms with Crippen LogP contribution in [0.3, 0.4) is 0 Å². The van der Waals surface area contributed by atoms with Crippen molar-refractivity contribution in [3.8, 4) is 0 Å². The van der Waals surface area contributed by atoms with Crippen LogP contribution in [-0.4, -0.2) is 23.4 Å². The zero-order chi connectivity index (χ0) is 13.8. The van der Waals surface area contributed by atoms with Crippen LogP contribution < -0.4 is 0 Å². The number of alkyl halides is 1. The number of amides is 1. The van der Waals surface area contributed by atoms with E-state index in [1.807, 2.05) is 35.2 Å². The number of halogens is 1. The summed E-state index contributed by atoms with van der Waals surface area (Å²) in [4.78, 5) is 14.5. The lowest BCUT2D eigenvalue weighted by molar-refractivity contribution is -0.131. The minimum Gasteiger partial charge on any atom is -0.338 e. The minimum atomic E-state index is -0.547. The lowest BCUT2D eigenvalue weighted by Crippen LogP contribution is -2.36. The van der Waals surface area contributed by atoms with Crippen LogP contribution in [0.2, 0.25) is 0 Å². The van der Waals surface area contributed by atoms with Gasteiger partial charge in [0.2, 0.25) is 5.91 Å². The topological polar surface area (TPSA) is 20.3 Å². The molecule has 1 aliphatic rings. The van der Waals surface area contributed by atoms with Crippen molar-refractivity contribution in [3.05, 3.63) is 35.9 Å². The summed E-state index contributed by atoms with van der Waals surface area (Å²) in [7, 11) is 0. The Morgan fingerprint density at radius 1 is 1.32 bits per heavy atom. The van der Waals surface area contributed by atoms with E-state index in [2.05, 4.69) is 13.8 Å². The highest BCUT2D eigenvalue weighted by atomic mass is 35.5. The standard InChI is InChI=1S/C16H22ClNO/c1-12(2)10-11-18(14-8-9-14)16(19)15(17)13-6-4-3-5-7-13/h3-7,12,14-15H,8-11H2,1-2H3. The highest BCUT2D eigenvalue weighted by Gasteiger charge is 2.35. The molecule has 0 heterocycles. The number of carbonyl (C=O) groups excluding carboxylic acids is 1. The summed E-state index contributed by atoms with van der Waals surface area (Å²) in [6, 6.07) is 10.1. The van der Waals surface area contributed by atoms with Crippen molar-refractivity contribution < 1.29 is 4.79 Å². The lowest BCUT2D eigenvalue weighted by Gasteiger charge is -2.25. The van der Waals surface area contributed by atoms with Crippen molar-refractivity contribution in [3.63, 3.8) is 0 Å². The first-order valence-corrected chi connectivity index (χ1v) is 7.52. The van der Waals surface area contributed by atoms with E-state index in [0.717, 1.165) is 31.4 Å². The molecule has 1 unspecified atom stereocenters. The molecule has 0 aliphatic heterocycles. The number of carbonyl (C=O) groups is 1. The number of rotatable bonds is 6. The summed E-state index contributed by atoms with van der Waals surface area (Å²) in [6.45, 7) is 5.20. The summed E-state index contributed by atoms with van der Waals surface area (Å²) < 4.78 is 0. The fourth-order valence-electron chi connectivity index (χ4n) is 2.17. The summed E-state index contributed by atoms with van der Waals surface area (Å²) in [6.07, 6.45) is 3.30. The summed E-state index contributed by atoms with van der Waals surface area (Å²) >= 11 is 6.35. The van der Waals surface area contributed by atoms with Crippen LogP contribution in [-0.2, 0) is 4.79 Å². The van der Waals surface area contributed by atoms with Gasteiger partial charge in [0.1, 0.15) is 5.38 Å². The first kappa shape index (κ1) is 14.4. The van der Waals surface area contributed by atoms with E-state index in [1.165, 1.54) is 0 Å². The van der Waals surface area contributed by atoms with Crippen LogP contribution in [0.4, 0.5) is 0 Å². The van der Waals surface area contributed by atoms with Crippen LogP contribution in [0.25, 0.3) is 0 Å². The predicted molar refractivity (Wildman–Crippen MR) is 79.2 cm³/mol. The number of hydrogen-bond donors (Lipinski definition) is 0. The van der Waals surface area contributed by atoms with Crippen LogP contribution in [0.15, 0.2) is 30.3 Å². The number of nitrogens with zero attached hydrogens (tertiary/aromatic N) is 1. The maximum atomic E-state index is 12.5. The van der Waals surface area contributed by atoms with E-state index in [0.29, 0.717) is 12.0 Å². The molecule has 1 fully saturated rings. The second-order valence-corrected chi connectivity index (χ2v) is 6.16. The molecule has 2 nitrogen and oxygen atoms in total. The molecule has 104 valence electrons. The molecule has 0 N–H and O–H groups in total. The molecular formula is C16H22ClNO. The average molecular weight is 280 g/mol. The molecule has 0 bridgehead atoms. The van der Waals surface area contributed by atoms with Crippen molar-refractivity contribution in [2.24, 2.45) is 5.92 Å². The second-order valence-electron chi connectivity index (χ2n) is 5.72. The van der Waals surface area contributed by atoms with E-state index in [1.54, 1.807) is 0 Å². The molecule has 0 aromatic heterocycles. The van der Waals surface area contributed by atoms with Crippen molar-refractivity contribution in [1.29, 1.82) is 0 Å². The fraction of sp³-hybridized carbons (Fsp3) is 0.562. The van der Waals surface area contributed by atoms with Gasteiger partial charge in [0.25, 0.3) is 0 Å². The van der Waals surface area contributed by atoms with Gasteiger partial charge in [-0.15, -0.1) is 11.6 Å². The molecule has 3 heteroatoms. The Hall–Kier alpha value is -1.02. The molecule has 1 aliphatic carbocycles.